The first-order valence-electron chi connectivity index (χ1n) is 3.79. The highest BCUT2D eigenvalue weighted by Gasteiger charge is 2.06. The van der Waals surface area contributed by atoms with E-state index in [1.54, 1.807) is 12.1 Å². The lowest BCUT2D eigenvalue weighted by molar-refractivity contribution is 0.609. The highest BCUT2D eigenvalue weighted by Crippen LogP contribution is 2.20. The third-order valence-electron chi connectivity index (χ3n) is 1.66. The molecule has 0 bridgehead atoms. The van der Waals surface area contributed by atoms with Gasteiger partial charge in [-0.1, -0.05) is 17.7 Å². The van der Waals surface area contributed by atoms with Crippen molar-refractivity contribution in [1.29, 1.82) is 0 Å². The minimum Gasteiger partial charge on any atom is -0.330 e. The quantitative estimate of drug-likeness (QED) is 0.756. The number of hydrogen-bond donors (Lipinski definition) is 1. The van der Waals surface area contributed by atoms with Gasteiger partial charge < -0.3 is 5.73 Å². The predicted octanol–water partition coefficient (Wildman–Crippen LogP) is 2.29. The summed E-state index contributed by atoms with van der Waals surface area (Å²) in [5.41, 5.74) is 6.88. The second-order valence-electron chi connectivity index (χ2n) is 2.76. The fourth-order valence-corrected chi connectivity index (χ4v) is 1.43. The number of nitrogens with two attached hydrogens (primary N) is 1. The van der Waals surface area contributed by atoms with Gasteiger partial charge in [-0.15, -0.1) is 0 Å². The number of benzene rings is 1. The Morgan fingerprint density at radius 1 is 1.50 bits per heavy atom. The van der Waals surface area contributed by atoms with E-state index >= 15 is 0 Å². The van der Waals surface area contributed by atoms with E-state index in [1.165, 1.54) is 0 Å². The van der Waals surface area contributed by atoms with Crippen molar-refractivity contribution >= 4 is 11.6 Å². The summed E-state index contributed by atoms with van der Waals surface area (Å²) in [7, 11) is 0. The summed E-state index contributed by atoms with van der Waals surface area (Å²) in [6.45, 7) is 2.32. The Kier molecular flexibility index (Phi) is 3.06. The maximum Gasteiger partial charge on any atom is 0.145 e. The molecule has 1 rings (SSSR count). The molecule has 0 amide bonds. The molecule has 0 spiro atoms. The number of aryl methyl sites for hydroxylation is 1. The van der Waals surface area contributed by atoms with Crippen molar-refractivity contribution in [2.24, 2.45) is 5.73 Å². The Bertz CT molecular complexity index is 286. The lowest BCUT2D eigenvalue weighted by atomic mass is 10.1. The summed E-state index contributed by atoms with van der Waals surface area (Å²) in [5, 5.41) is 0.179. The van der Waals surface area contributed by atoms with E-state index in [0.717, 1.165) is 5.56 Å². The van der Waals surface area contributed by atoms with Crippen LogP contribution in [0.15, 0.2) is 12.1 Å². The third-order valence-corrected chi connectivity index (χ3v) is 1.94. The second kappa shape index (κ2) is 3.87. The van der Waals surface area contributed by atoms with Crippen molar-refractivity contribution in [3.63, 3.8) is 0 Å². The van der Waals surface area contributed by atoms with Crippen LogP contribution < -0.4 is 5.73 Å². The molecular weight excluding hydrogens is 177 g/mol. The maximum absolute atomic E-state index is 13.2. The van der Waals surface area contributed by atoms with Gasteiger partial charge in [0.25, 0.3) is 0 Å². The molecular formula is C9H11ClFN. The van der Waals surface area contributed by atoms with E-state index in [2.05, 4.69) is 0 Å². The Hall–Kier alpha value is -0.600. The molecule has 0 saturated heterocycles. The van der Waals surface area contributed by atoms with E-state index in [9.17, 15) is 4.39 Å². The number of halogens is 2. The van der Waals surface area contributed by atoms with Gasteiger partial charge in [0, 0.05) is 0 Å². The largest absolute Gasteiger partial charge is 0.330 e. The van der Waals surface area contributed by atoms with Gasteiger partial charge in [0.05, 0.1) is 5.02 Å². The third kappa shape index (κ3) is 1.96. The molecule has 0 heterocycles. The summed E-state index contributed by atoms with van der Waals surface area (Å²) in [4.78, 5) is 0. The molecule has 12 heavy (non-hydrogen) atoms. The van der Waals surface area contributed by atoms with Crippen LogP contribution in [0.25, 0.3) is 0 Å². The smallest absolute Gasteiger partial charge is 0.145 e. The molecule has 0 aliphatic heterocycles. The normalized spacial score (nSPS) is 10.3. The lowest BCUT2D eigenvalue weighted by Gasteiger charge is -2.04. The number of hydrogen-bond acceptors (Lipinski definition) is 1. The van der Waals surface area contributed by atoms with Crippen molar-refractivity contribution in [2.45, 2.75) is 13.3 Å². The second-order valence-corrected chi connectivity index (χ2v) is 3.17. The number of rotatable bonds is 2. The highest BCUT2D eigenvalue weighted by molar-refractivity contribution is 6.30. The predicted molar refractivity (Wildman–Crippen MR) is 48.9 cm³/mol. The molecule has 2 N–H and O–H groups in total. The average Bonchev–Trinajstić information content (AvgIpc) is 2.00. The van der Waals surface area contributed by atoms with E-state index in [-0.39, 0.29) is 10.8 Å². The molecule has 3 heteroatoms. The molecule has 0 unspecified atom stereocenters. The van der Waals surface area contributed by atoms with Gasteiger partial charge >= 0.3 is 0 Å². The summed E-state index contributed by atoms with van der Waals surface area (Å²) in [5.74, 6) is -0.340. The first kappa shape index (κ1) is 9.49. The van der Waals surface area contributed by atoms with E-state index in [1.807, 2.05) is 6.92 Å². The zero-order valence-electron chi connectivity index (χ0n) is 6.90. The Balaban J connectivity index is 3.09. The van der Waals surface area contributed by atoms with Gasteiger partial charge in [0.15, 0.2) is 0 Å². The molecule has 0 aliphatic rings. The molecule has 0 saturated carbocycles. The maximum atomic E-state index is 13.2. The monoisotopic (exact) mass is 187 g/mol. The van der Waals surface area contributed by atoms with Crippen molar-refractivity contribution < 1.29 is 4.39 Å². The molecule has 0 aliphatic carbocycles. The van der Waals surface area contributed by atoms with Gasteiger partial charge in [-0.2, -0.15) is 0 Å². The molecule has 1 aromatic rings. The average molecular weight is 188 g/mol. The van der Waals surface area contributed by atoms with Crippen LogP contribution in [0.3, 0.4) is 0 Å². The summed E-state index contributed by atoms with van der Waals surface area (Å²) >= 11 is 5.64. The molecule has 0 atom stereocenters. The van der Waals surface area contributed by atoms with Crippen molar-refractivity contribution in [1.82, 2.24) is 0 Å². The van der Waals surface area contributed by atoms with Crippen LogP contribution in [0, 0.1) is 12.7 Å². The van der Waals surface area contributed by atoms with Crippen molar-refractivity contribution in [3.8, 4) is 0 Å². The molecule has 1 aromatic carbocycles. The fourth-order valence-electron chi connectivity index (χ4n) is 1.13. The summed E-state index contributed by atoms with van der Waals surface area (Å²) in [6.07, 6.45) is 0.535. The molecule has 0 radical (unpaired) electrons. The molecule has 0 fully saturated rings. The minimum atomic E-state index is -0.340. The Morgan fingerprint density at radius 3 is 2.75 bits per heavy atom. The zero-order valence-corrected chi connectivity index (χ0v) is 7.66. The molecule has 0 aromatic heterocycles. The summed E-state index contributed by atoms with van der Waals surface area (Å²) in [6, 6.07) is 3.38. The van der Waals surface area contributed by atoms with Gasteiger partial charge in [0.2, 0.25) is 0 Å². The van der Waals surface area contributed by atoms with E-state index in [4.69, 9.17) is 17.3 Å². The minimum absolute atomic E-state index is 0.179. The lowest BCUT2D eigenvalue weighted by Crippen LogP contribution is -2.05. The van der Waals surface area contributed by atoms with Crippen LogP contribution in [0.1, 0.15) is 11.1 Å². The van der Waals surface area contributed by atoms with Crippen LogP contribution >= 0.6 is 11.6 Å². The van der Waals surface area contributed by atoms with Crippen molar-refractivity contribution in [2.75, 3.05) is 6.54 Å². The van der Waals surface area contributed by atoms with E-state index in [0.29, 0.717) is 18.5 Å². The Labute approximate surface area is 76.3 Å². The van der Waals surface area contributed by atoms with Crippen LogP contribution in [-0.2, 0) is 6.42 Å². The topological polar surface area (TPSA) is 26.0 Å². The first-order valence-corrected chi connectivity index (χ1v) is 4.17. The standard InChI is InChI=1S/C9H11ClFN/c1-6-4-7(2-3-12)9(11)8(10)5-6/h4-5H,2-3,12H2,1H3. The fraction of sp³-hybridized carbons (Fsp3) is 0.333. The van der Waals surface area contributed by atoms with Gasteiger partial charge in [-0.25, -0.2) is 4.39 Å². The molecule has 1 nitrogen and oxygen atoms in total. The van der Waals surface area contributed by atoms with Crippen LogP contribution in [0.4, 0.5) is 4.39 Å². The molecule has 66 valence electrons. The summed E-state index contributed by atoms with van der Waals surface area (Å²) < 4.78 is 13.2. The van der Waals surface area contributed by atoms with Gasteiger partial charge in [0.1, 0.15) is 5.82 Å². The van der Waals surface area contributed by atoms with Gasteiger partial charge in [-0.05, 0) is 37.1 Å². The van der Waals surface area contributed by atoms with Crippen molar-refractivity contribution in [3.05, 3.63) is 34.1 Å². The van der Waals surface area contributed by atoms with Crippen LogP contribution in [0.5, 0.6) is 0 Å². The Morgan fingerprint density at radius 2 is 2.17 bits per heavy atom. The first-order chi connectivity index (χ1) is 5.65. The van der Waals surface area contributed by atoms with Gasteiger partial charge in [-0.3, -0.25) is 0 Å². The van der Waals surface area contributed by atoms with E-state index < -0.39 is 0 Å². The zero-order chi connectivity index (χ0) is 9.14. The SMILES string of the molecule is Cc1cc(Cl)c(F)c(CCN)c1. The van der Waals surface area contributed by atoms with Crippen LogP contribution in [-0.4, -0.2) is 6.54 Å². The highest BCUT2D eigenvalue weighted by atomic mass is 35.5. The van der Waals surface area contributed by atoms with Crippen LogP contribution in [0.2, 0.25) is 5.02 Å².